The first-order valence-electron chi connectivity index (χ1n) is 25.8. The zero-order chi connectivity index (χ0) is 50.9. The number of ether oxygens (including phenoxy) is 5. The quantitative estimate of drug-likeness (QED) is 0.0952. The molecule has 3 N–H and O–H groups in total. The number of amides is 1. The van der Waals surface area contributed by atoms with E-state index >= 15 is 0 Å². The van der Waals surface area contributed by atoms with Crippen molar-refractivity contribution in [2.75, 3.05) is 13.1 Å². The smallest absolute Gasteiger partial charge is 0.410 e. The molecule has 5 aromatic carbocycles. The van der Waals surface area contributed by atoms with Crippen LogP contribution in [0, 0.1) is 5.92 Å². The van der Waals surface area contributed by atoms with E-state index in [1.807, 2.05) is 96.4 Å². The summed E-state index contributed by atoms with van der Waals surface area (Å²) in [6.45, 7) is 13.7. The Labute approximate surface area is 431 Å². The Balaban J connectivity index is 0.919. The number of nitrogens with zero attached hydrogens (tertiary/aromatic N) is 5. The van der Waals surface area contributed by atoms with Gasteiger partial charge in [0, 0.05) is 46.8 Å². The molecule has 5 atom stereocenters. The maximum Gasteiger partial charge on any atom is 0.410 e. The van der Waals surface area contributed by atoms with Gasteiger partial charge in [-0.25, -0.2) is 19.7 Å². The van der Waals surface area contributed by atoms with Crippen LogP contribution >= 0.6 is 0 Å². The number of carbonyl (C=O) groups excluding carboxylic acids is 1. The summed E-state index contributed by atoms with van der Waals surface area (Å²) < 4.78 is 34.4. The first kappa shape index (κ1) is 47.6. The molecular formula is C60H63N7O7. The lowest BCUT2D eigenvalue weighted by molar-refractivity contribution is -0.249. The van der Waals surface area contributed by atoms with Crippen molar-refractivity contribution in [2.45, 2.75) is 116 Å². The SMILES string of the molecule is CC(C)(C)OC(=O)N1CCC[C@H]1c1ncc(-c2ccc3c(c2)cc2n3C(c3cc(OCc4ccccc4)cc(OCc4ccccc4)c3)Oc3cc(-c4cnc([C@@]56CC5CCN6C(O)OC(C)(C)C)[nH]4)ccc3-2)[nH]1. The average Bonchev–Trinajstić information content (AvgIpc) is 4.12. The maximum absolute atomic E-state index is 13.2. The van der Waals surface area contributed by atoms with Crippen molar-refractivity contribution in [3.05, 3.63) is 162 Å². The Morgan fingerprint density at radius 2 is 1.45 bits per heavy atom. The van der Waals surface area contributed by atoms with Crippen LogP contribution in [0.4, 0.5) is 4.79 Å². The molecule has 3 aliphatic heterocycles. The summed E-state index contributed by atoms with van der Waals surface area (Å²) in [5, 5.41) is 12.3. The molecular weight excluding hydrogens is 931 g/mol. The molecule has 1 amide bonds. The van der Waals surface area contributed by atoms with Crippen LogP contribution in [0.5, 0.6) is 17.2 Å². The van der Waals surface area contributed by atoms with Crippen molar-refractivity contribution in [1.29, 1.82) is 0 Å². The van der Waals surface area contributed by atoms with E-state index in [-0.39, 0.29) is 12.1 Å². The highest BCUT2D eigenvalue weighted by atomic mass is 16.6. The second-order valence-electron chi connectivity index (χ2n) is 22.2. The molecule has 8 aromatic rings. The molecule has 6 heterocycles. The van der Waals surface area contributed by atoms with Gasteiger partial charge in [-0.2, -0.15) is 0 Å². The van der Waals surface area contributed by atoms with E-state index in [0.29, 0.717) is 42.9 Å². The fraction of sp³-hybridized carbons (Fsp3) is 0.350. The van der Waals surface area contributed by atoms with Gasteiger partial charge in [-0.05, 0) is 127 Å². The zero-order valence-electron chi connectivity index (χ0n) is 42.8. The van der Waals surface area contributed by atoms with Crippen molar-refractivity contribution >= 4 is 17.0 Å². The van der Waals surface area contributed by atoms with Crippen molar-refractivity contribution in [3.8, 4) is 51.0 Å². The molecule has 14 nitrogen and oxygen atoms in total. The molecule has 2 saturated heterocycles. The second kappa shape index (κ2) is 18.5. The van der Waals surface area contributed by atoms with E-state index in [9.17, 15) is 9.90 Å². The molecule has 3 unspecified atom stereocenters. The van der Waals surface area contributed by atoms with Gasteiger partial charge in [0.1, 0.15) is 47.7 Å². The van der Waals surface area contributed by atoms with Crippen LogP contribution in [-0.2, 0) is 28.2 Å². The topological polar surface area (TPSA) is 152 Å². The Bertz CT molecular complexity index is 3290. The largest absolute Gasteiger partial charge is 0.489 e. The van der Waals surface area contributed by atoms with E-state index in [1.54, 1.807) is 4.90 Å². The third-order valence-electron chi connectivity index (χ3n) is 14.7. The van der Waals surface area contributed by atoms with E-state index in [0.717, 1.165) is 105 Å². The highest BCUT2D eigenvalue weighted by Crippen LogP contribution is 2.62. The van der Waals surface area contributed by atoms with Gasteiger partial charge in [0.05, 0.1) is 52.2 Å². The molecule has 0 radical (unpaired) electrons. The van der Waals surface area contributed by atoms with Gasteiger partial charge in [0.25, 0.3) is 0 Å². The van der Waals surface area contributed by atoms with E-state index in [4.69, 9.17) is 33.7 Å². The lowest BCUT2D eigenvalue weighted by Gasteiger charge is -2.35. The fourth-order valence-electron chi connectivity index (χ4n) is 11.2. The standard InChI is InChI=1S/C60H63N7O7/c1-58(2,3)73-56(68)65-24-13-18-50(65)53-61-33-47(63-53)39-20-22-49-41(26-39)29-51-46-21-19-40(48-34-62-55(64-48)60-32-43(60)23-25-66(60)57(69)74-59(4,5)6)30-52(46)72-54(67(49)51)42-27-44(70-35-37-14-9-7-10-15-37)31-45(28-42)71-36-38-16-11-8-12-17-38/h7-12,14-17,19-22,26-31,33-34,43,50,54,57,69H,13,18,23-25,32,35-36H2,1-6H3,(H,61,63)(H,62,64)/t43?,50-,54?,57?,60+/m0/s1. The molecule has 3 aromatic heterocycles. The number of aliphatic hydroxyl groups is 1. The predicted molar refractivity (Wildman–Crippen MR) is 282 cm³/mol. The van der Waals surface area contributed by atoms with Crippen molar-refractivity contribution in [2.24, 2.45) is 5.92 Å². The number of aliphatic hydroxyl groups excluding tert-OH is 1. The zero-order valence-corrected chi connectivity index (χ0v) is 42.8. The number of aromatic nitrogens is 5. The number of H-pyrrole nitrogens is 2. The van der Waals surface area contributed by atoms with Crippen molar-refractivity contribution < 1.29 is 33.6 Å². The minimum atomic E-state index is -1.04. The summed E-state index contributed by atoms with van der Waals surface area (Å²) in [7, 11) is 0. The third-order valence-corrected chi connectivity index (χ3v) is 14.7. The Hall–Kier alpha value is -7.39. The molecule has 74 heavy (non-hydrogen) atoms. The number of rotatable bonds is 13. The first-order valence-corrected chi connectivity index (χ1v) is 25.8. The first-order chi connectivity index (χ1) is 35.7. The van der Waals surface area contributed by atoms with Gasteiger partial charge < -0.3 is 43.3 Å². The molecule has 1 saturated carbocycles. The summed E-state index contributed by atoms with van der Waals surface area (Å²) >= 11 is 0. The predicted octanol–water partition coefficient (Wildman–Crippen LogP) is 12.3. The fourth-order valence-corrected chi connectivity index (χ4v) is 11.2. The molecule has 4 aliphatic rings. The van der Waals surface area contributed by atoms with Crippen LogP contribution in [0.15, 0.2) is 134 Å². The molecule has 14 heteroatoms. The number of fused-ring (bicyclic) bond motifs is 6. The van der Waals surface area contributed by atoms with Gasteiger partial charge in [-0.3, -0.25) is 4.90 Å². The third kappa shape index (κ3) is 9.20. The molecule has 380 valence electrons. The van der Waals surface area contributed by atoms with E-state index < -0.39 is 29.4 Å². The molecule has 0 bridgehead atoms. The number of imidazole rings is 2. The second-order valence-corrected chi connectivity index (χ2v) is 22.2. The summed E-state index contributed by atoms with van der Waals surface area (Å²) in [6.07, 6.45) is 5.31. The average molecular weight is 994 g/mol. The van der Waals surface area contributed by atoms with Crippen molar-refractivity contribution in [1.82, 2.24) is 34.3 Å². The number of benzene rings is 5. The number of hydrogen-bond acceptors (Lipinski definition) is 10. The minimum absolute atomic E-state index is 0.200. The van der Waals surface area contributed by atoms with Gasteiger partial charge in [0.15, 0.2) is 0 Å². The van der Waals surface area contributed by atoms with E-state index in [1.165, 1.54) is 0 Å². The Kier molecular flexibility index (Phi) is 11.9. The van der Waals surface area contributed by atoms with Gasteiger partial charge in [-0.15, -0.1) is 0 Å². The van der Waals surface area contributed by atoms with Crippen LogP contribution in [0.25, 0.3) is 44.7 Å². The Morgan fingerprint density at radius 1 is 0.770 bits per heavy atom. The van der Waals surface area contributed by atoms with Crippen molar-refractivity contribution in [3.63, 3.8) is 0 Å². The molecule has 3 fully saturated rings. The number of aromatic amines is 2. The maximum atomic E-state index is 13.2. The number of likely N-dealkylation sites (tertiary alicyclic amines) is 2. The highest BCUT2D eigenvalue weighted by Gasteiger charge is 2.66. The van der Waals surface area contributed by atoms with Crippen LogP contribution < -0.4 is 14.2 Å². The number of carbonyl (C=O) groups is 1. The number of hydrogen-bond donors (Lipinski definition) is 3. The van der Waals surface area contributed by atoms with Gasteiger partial charge in [-0.1, -0.05) is 72.8 Å². The molecule has 1 aliphatic carbocycles. The van der Waals surface area contributed by atoms with Crippen LogP contribution in [0.2, 0.25) is 0 Å². The summed E-state index contributed by atoms with van der Waals surface area (Å²) in [4.78, 5) is 34.1. The van der Waals surface area contributed by atoms with Crippen LogP contribution in [0.3, 0.4) is 0 Å². The molecule has 12 rings (SSSR count). The van der Waals surface area contributed by atoms with E-state index in [2.05, 4.69) is 98.3 Å². The summed E-state index contributed by atoms with van der Waals surface area (Å²) in [6, 6.07) is 41.1. The molecule has 0 spiro atoms. The minimum Gasteiger partial charge on any atom is -0.489 e. The highest BCUT2D eigenvalue weighted by molar-refractivity contribution is 5.92. The lowest BCUT2D eigenvalue weighted by atomic mass is 10.0. The van der Waals surface area contributed by atoms with Gasteiger partial charge in [0.2, 0.25) is 12.6 Å². The van der Waals surface area contributed by atoms with Crippen LogP contribution in [0.1, 0.15) is 108 Å². The van der Waals surface area contributed by atoms with Crippen LogP contribution in [-0.4, -0.2) is 76.2 Å². The summed E-state index contributed by atoms with van der Waals surface area (Å²) in [5.74, 6) is 3.99. The normalized spacial score (nSPS) is 20.7. The lowest BCUT2D eigenvalue weighted by Crippen LogP contribution is -2.46. The van der Waals surface area contributed by atoms with Gasteiger partial charge >= 0.3 is 6.09 Å². The number of piperidine rings is 1. The summed E-state index contributed by atoms with van der Waals surface area (Å²) in [5.41, 5.74) is 7.97. The Morgan fingerprint density at radius 3 is 2.14 bits per heavy atom. The number of nitrogens with one attached hydrogen (secondary N) is 2. The monoisotopic (exact) mass is 993 g/mol.